The Morgan fingerprint density at radius 2 is 1.67 bits per heavy atom. The van der Waals surface area contributed by atoms with E-state index in [9.17, 15) is 14.4 Å². The van der Waals surface area contributed by atoms with Crippen LogP contribution in [0.2, 0.25) is 0 Å². The van der Waals surface area contributed by atoms with E-state index >= 15 is 0 Å². The van der Waals surface area contributed by atoms with Gasteiger partial charge in [-0.3, -0.25) is 14.4 Å². The van der Waals surface area contributed by atoms with Gasteiger partial charge in [0.2, 0.25) is 5.91 Å². The SMILES string of the molecule is COc1ccc(CC(CC(=O)[C@H](C)N)C(=O)NC(Cc2ccccc2)C(=O)C2(C)CO2)cc1. The molecule has 0 radical (unpaired) electrons. The molecule has 1 heterocycles. The molecule has 2 aromatic carbocycles. The Labute approximate surface area is 194 Å². The second kappa shape index (κ2) is 10.7. The summed E-state index contributed by atoms with van der Waals surface area (Å²) >= 11 is 0. The lowest BCUT2D eigenvalue weighted by atomic mass is 9.90. The Balaban J connectivity index is 1.79. The summed E-state index contributed by atoms with van der Waals surface area (Å²) in [5.41, 5.74) is 6.70. The lowest BCUT2D eigenvalue weighted by molar-refractivity contribution is -0.133. The number of rotatable bonds is 12. The van der Waals surface area contributed by atoms with Gasteiger partial charge in [-0.05, 0) is 49.9 Å². The Hall–Kier alpha value is -3.03. The predicted molar refractivity (Wildman–Crippen MR) is 125 cm³/mol. The zero-order valence-corrected chi connectivity index (χ0v) is 19.4. The second-order valence-electron chi connectivity index (χ2n) is 8.84. The van der Waals surface area contributed by atoms with Crippen molar-refractivity contribution < 1.29 is 23.9 Å². The summed E-state index contributed by atoms with van der Waals surface area (Å²) in [5.74, 6) is -0.666. The molecule has 0 bridgehead atoms. The minimum Gasteiger partial charge on any atom is -0.497 e. The normalized spacial score (nSPS) is 19.8. The van der Waals surface area contributed by atoms with Crippen LogP contribution in [0.1, 0.15) is 31.4 Å². The molecule has 176 valence electrons. The summed E-state index contributed by atoms with van der Waals surface area (Å²) in [4.78, 5) is 38.9. The summed E-state index contributed by atoms with van der Waals surface area (Å²) in [7, 11) is 1.58. The highest BCUT2D eigenvalue weighted by Gasteiger charge is 2.50. The zero-order chi connectivity index (χ0) is 24.0. The van der Waals surface area contributed by atoms with E-state index in [1.165, 1.54) is 0 Å². The van der Waals surface area contributed by atoms with E-state index in [-0.39, 0.29) is 23.9 Å². The molecule has 33 heavy (non-hydrogen) atoms. The Kier molecular flexibility index (Phi) is 8.00. The highest BCUT2D eigenvalue weighted by Crippen LogP contribution is 2.29. The smallest absolute Gasteiger partial charge is 0.224 e. The van der Waals surface area contributed by atoms with Crippen molar-refractivity contribution in [1.82, 2.24) is 5.32 Å². The molecular formula is C26H32N2O5. The standard InChI is InChI=1S/C26H32N2O5/c1-17(27)23(29)15-20(13-19-9-11-21(32-3)12-10-19)25(31)28-22(24(30)26(2)16-33-26)14-18-7-5-4-6-8-18/h4-12,17,20,22H,13-16,27H2,1-3H3,(H,28,31)/t17-,20?,22?,26?/m0/s1. The van der Waals surface area contributed by atoms with Crippen LogP contribution in [-0.4, -0.2) is 48.9 Å². The van der Waals surface area contributed by atoms with Crippen LogP contribution in [0.15, 0.2) is 54.6 Å². The van der Waals surface area contributed by atoms with Gasteiger partial charge < -0.3 is 20.5 Å². The number of methoxy groups -OCH3 is 1. The fourth-order valence-electron chi connectivity index (χ4n) is 3.70. The van der Waals surface area contributed by atoms with Gasteiger partial charge in [0.25, 0.3) is 0 Å². The molecule has 3 unspecified atom stereocenters. The number of hydrogen-bond acceptors (Lipinski definition) is 6. The number of hydrogen-bond donors (Lipinski definition) is 2. The molecule has 3 rings (SSSR count). The van der Waals surface area contributed by atoms with Crippen LogP contribution in [0, 0.1) is 5.92 Å². The van der Waals surface area contributed by atoms with Gasteiger partial charge in [0.1, 0.15) is 17.1 Å². The molecule has 1 fully saturated rings. The number of epoxide rings is 1. The molecule has 1 aliphatic rings. The molecule has 7 heteroatoms. The quantitative estimate of drug-likeness (QED) is 0.478. The molecule has 7 nitrogen and oxygen atoms in total. The maximum Gasteiger partial charge on any atom is 0.224 e. The molecule has 0 saturated carbocycles. The minimum absolute atomic E-state index is 0.00442. The second-order valence-corrected chi connectivity index (χ2v) is 8.84. The topological polar surface area (TPSA) is 111 Å². The van der Waals surface area contributed by atoms with Crippen LogP contribution in [0.25, 0.3) is 0 Å². The number of amides is 1. The van der Waals surface area contributed by atoms with E-state index in [0.717, 1.165) is 11.1 Å². The van der Waals surface area contributed by atoms with E-state index in [0.29, 0.717) is 25.2 Å². The number of ketones is 2. The first-order valence-electron chi connectivity index (χ1n) is 11.2. The van der Waals surface area contributed by atoms with E-state index in [2.05, 4.69) is 5.32 Å². The van der Waals surface area contributed by atoms with E-state index in [4.69, 9.17) is 15.2 Å². The first kappa shape index (κ1) is 24.6. The molecule has 2 aromatic rings. The van der Waals surface area contributed by atoms with Crippen molar-refractivity contribution in [3.63, 3.8) is 0 Å². The van der Waals surface area contributed by atoms with Gasteiger partial charge in [0, 0.05) is 12.3 Å². The number of Topliss-reactive ketones (excluding diaryl/α,β-unsaturated/α-hetero) is 2. The van der Waals surface area contributed by atoms with E-state index in [1.54, 1.807) is 21.0 Å². The van der Waals surface area contributed by atoms with Crippen LogP contribution >= 0.6 is 0 Å². The maximum atomic E-state index is 13.4. The number of carbonyl (C=O) groups excluding carboxylic acids is 3. The summed E-state index contributed by atoms with van der Waals surface area (Å²) < 4.78 is 10.5. The molecule has 1 aliphatic heterocycles. The third kappa shape index (κ3) is 6.73. The van der Waals surface area contributed by atoms with Crippen LogP contribution < -0.4 is 15.8 Å². The van der Waals surface area contributed by atoms with Gasteiger partial charge in [-0.15, -0.1) is 0 Å². The molecular weight excluding hydrogens is 420 g/mol. The largest absolute Gasteiger partial charge is 0.497 e. The Morgan fingerprint density at radius 1 is 1.06 bits per heavy atom. The number of benzene rings is 2. The van der Waals surface area contributed by atoms with E-state index in [1.807, 2.05) is 54.6 Å². The van der Waals surface area contributed by atoms with Gasteiger partial charge in [-0.25, -0.2) is 0 Å². The number of nitrogens with one attached hydrogen (secondary N) is 1. The van der Waals surface area contributed by atoms with Crippen molar-refractivity contribution in [1.29, 1.82) is 0 Å². The fourth-order valence-corrected chi connectivity index (χ4v) is 3.70. The lowest BCUT2D eigenvalue weighted by Crippen LogP contribution is -2.50. The van der Waals surface area contributed by atoms with Crippen molar-refractivity contribution in [2.75, 3.05) is 13.7 Å². The maximum absolute atomic E-state index is 13.4. The fraction of sp³-hybridized carbons (Fsp3) is 0.423. The zero-order valence-electron chi connectivity index (χ0n) is 19.4. The molecule has 3 N–H and O–H groups in total. The Bertz CT molecular complexity index is 968. The molecule has 1 saturated heterocycles. The summed E-state index contributed by atoms with van der Waals surface area (Å²) in [6.45, 7) is 3.68. The summed E-state index contributed by atoms with van der Waals surface area (Å²) in [5, 5.41) is 2.91. The summed E-state index contributed by atoms with van der Waals surface area (Å²) in [6.07, 6.45) is 0.685. The van der Waals surface area contributed by atoms with Crippen molar-refractivity contribution in [2.45, 2.75) is 50.8 Å². The number of carbonyl (C=O) groups is 3. The van der Waals surface area contributed by atoms with Crippen LogP contribution in [0.3, 0.4) is 0 Å². The summed E-state index contributed by atoms with van der Waals surface area (Å²) in [6, 6.07) is 15.4. The van der Waals surface area contributed by atoms with Crippen LogP contribution in [0.4, 0.5) is 0 Å². The molecule has 0 spiro atoms. The van der Waals surface area contributed by atoms with Crippen LogP contribution in [-0.2, 0) is 32.0 Å². The third-order valence-electron chi connectivity index (χ3n) is 5.98. The monoisotopic (exact) mass is 452 g/mol. The van der Waals surface area contributed by atoms with Gasteiger partial charge in [-0.1, -0.05) is 42.5 Å². The highest BCUT2D eigenvalue weighted by molar-refractivity contribution is 5.97. The van der Waals surface area contributed by atoms with Crippen molar-refractivity contribution >= 4 is 17.5 Å². The van der Waals surface area contributed by atoms with Crippen molar-refractivity contribution in [2.24, 2.45) is 11.7 Å². The van der Waals surface area contributed by atoms with Crippen molar-refractivity contribution in [3.8, 4) is 5.75 Å². The van der Waals surface area contributed by atoms with Gasteiger partial charge >= 0.3 is 0 Å². The minimum atomic E-state index is -0.875. The first-order valence-corrected chi connectivity index (χ1v) is 11.2. The van der Waals surface area contributed by atoms with Gasteiger partial charge in [0.05, 0.1) is 25.8 Å². The van der Waals surface area contributed by atoms with Crippen molar-refractivity contribution in [3.05, 3.63) is 65.7 Å². The average molecular weight is 453 g/mol. The molecule has 4 atom stereocenters. The van der Waals surface area contributed by atoms with Gasteiger partial charge in [0.15, 0.2) is 5.78 Å². The predicted octanol–water partition coefficient (Wildman–Crippen LogP) is 2.25. The van der Waals surface area contributed by atoms with E-state index < -0.39 is 23.6 Å². The third-order valence-corrected chi connectivity index (χ3v) is 5.98. The average Bonchev–Trinajstić information content (AvgIpc) is 3.57. The molecule has 0 aliphatic carbocycles. The van der Waals surface area contributed by atoms with Crippen LogP contribution in [0.5, 0.6) is 5.75 Å². The van der Waals surface area contributed by atoms with Gasteiger partial charge in [-0.2, -0.15) is 0 Å². The lowest BCUT2D eigenvalue weighted by Gasteiger charge is -2.24. The molecule has 1 amide bonds. The number of nitrogens with two attached hydrogens (primary N) is 1. The molecule has 0 aromatic heterocycles. The first-order chi connectivity index (χ1) is 15.7. The Morgan fingerprint density at radius 3 is 2.21 bits per heavy atom. The number of ether oxygens (including phenoxy) is 2. The highest BCUT2D eigenvalue weighted by atomic mass is 16.6.